The number of carbonyl (C=O) groups is 2. The van der Waals surface area contributed by atoms with Gasteiger partial charge in [0.05, 0.1) is 0 Å². The van der Waals surface area contributed by atoms with Crippen LogP contribution < -0.4 is 5.32 Å². The quantitative estimate of drug-likeness (QED) is 0.757. The largest absolute Gasteiger partial charge is 0.305 e. The number of nitrogens with one attached hydrogen (secondary N) is 1. The zero-order valence-electron chi connectivity index (χ0n) is 9.01. The average Bonchev–Trinajstić information content (AvgIpc) is 2.59. The lowest BCUT2D eigenvalue weighted by molar-refractivity contribution is -0.117. The number of amidine groups is 1. The van der Waals surface area contributed by atoms with Crippen molar-refractivity contribution < 1.29 is 9.59 Å². The van der Waals surface area contributed by atoms with Crippen LogP contribution in [0.3, 0.4) is 0 Å². The normalized spacial score (nSPS) is 17.1. The van der Waals surface area contributed by atoms with E-state index in [2.05, 4.69) is 15.3 Å². The Morgan fingerprint density at radius 3 is 3.00 bits per heavy atom. The first kappa shape index (κ1) is 11.5. The van der Waals surface area contributed by atoms with Crippen molar-refractivity contribution in [2.45, 2.75) is 6.92 Å². The summed E-state index contributed by atoms with van der Waals surface area (Å²) >= 11 is 0.912. The number of nitrogens with zero attached hydrogens (tertiary/aromatic N) is 2. The molecule has 0 aliphatic carbocycles. The van der Waals surface area contributed by atoms with Crippen LogP contribution in [0.1, 0.15) is 12.5 Å². The highest BCUT2D eigenvalue weighted by atomic mass is 32.2. The molecule has 5 nitrogen and oxygen atoms in total. The van der Waals surface area contributed by atoms with Gasteiger partial charge in [-0.15, -0.1) is 0 Å². The van der Waals surface area contributed by atoms with E-state index in [0.29, 0.717) is 10.9 Å². The molecule has 0 fully saturated rings. The van der Waals surface area contributed by atoms with Crippen molar-refractivity contribution in [2.75, 3.05) is 0 Å². The molecule has 1 aliphatic rings. The third-order valence-corrected chi connectivity index (χ3v) is 2.67. The Balaban J connectivity index is 2.22. The highest BCUT2D eigenvalue weighted by molar-refractivity contribution is 8.27. The summed E-state index contributed by atoms with van der Waals surface area (Å²) in [6.07, 6.45) is 4.92. The minimum atomic E-state index is -0.244. The molecule has 1 aliphatic heterocycles. The monoisotopic (exact) mass is 247 g/mol. The smallest absolute Gasteiger partial charge is 0.245 e. The van der Waals surface area contributed by atoms with E-state index in [4.69, 9.17) is 0 Å². The van der Waals surface area contributed by atoms with Crippen LogP contribution in [0.25, 0.3) is 6.08 Å². The standard InChI is InChI=1S/C11H9N3O2S/c1-7(15)13-11-14-9(10(16)17-11)5-8-3-2-4-12-6-8/h2-6H,1H3,(H,13,14,15). The van der Waals surface area contributed by atoms with Gasteiger partial charge in [-0.2, -0.15) is 0 Å². The van der Waals surface area contributed by atoms with Crippen molar-refractivity contribution in [3.05, 3.63) is 35.8 Å². The Bertz CT molecular complexity index is 523. The second-order valence-electron chi connectivity index (χ2n) is 3.30. The number of pyridine rings is 1. The summed E-state index contributed by atoms with van der Waals surface area (Å²) < 4.78 is 0. The minimum absolute atomic E-state index is 0.183. The third kappa shape index (κ3) is 3.01. The molecule has 1 aromatic heterocycles. The van der Waals surface area contributed by atoms with Gasteiger partial charge in [-0.05, 0) is 29.5 Å². The molecule has 2 heterocycles. The first-order chi connectivity index (χ1) is 8.15. The number of rotatable bonds is 1. The minimum Gasteiger partial charge on any atom is -0.305 e. The molecule has 0 atom stereocenters. The van der Waals surface area contributed by atoms with Crippen molar-refractivity contribution >= 4 is 34.0 Å². The van der Waals surface area contributed by atoms with Crippen molar-refractivity contribution in [3.63, 3.8) is 0 Å². The third-order valence-electron chi connectivity index (χ3n) is 1.89. The van der Waals surface area contributed by atoms with Gasteiger partial charge < -0.3 is 5.32 Å². The van der Waals surface area contributed by atoms with Crippen LogP contribution in [0.15, 0.2) is 35.2 Å². The van der Waals surface area contributed by atoms with E-state index in [1.807, 2.05) is 6.07 Å². The van der Waals surface area contributed by atoms with Crippen LogP contribution >= 0.6 is 11.8 Å². The summed E-state index contributed by atoms with van der Waals surface area (Å²) in [5.74, 6) is -0.244. The molecule has 0 saturated heterocycles. The summed E-state index contributed by atoms with van der Waals surface area (Å²) in [7, 11) is 0. The van der Waals surface area contributed by atoms with Crippen molar-refractivity contribution in [3.8, 4) is 0 Å². The Labute approximate surface area is 102 Å². The number of thioether (sulfide) groups is 1. The fourth-order valence-corrected chi connectivity index (χ4v) is 1.96. The maximum Gasteiger partial charge on any atom is 0.245 e. The molecular weight excluding hydrogens is 238 g/mol. The van der Waals surface area contributed by atoms with Crippen LogP contribution in [-0.4, -0.2) is 21.2 Å². The number of hydrogen-bond acceptors (Lipinski definition) is 5. The lowest BCUT2D eigenvalue weighted by Crippen LogP contribution is -2.24. The zero-order chi connectivity index (χ0) is 12.3. The summed E-state index contributed by atoms with van der Waals surface area (Å²) in [4.78, 5) is 30.4. The van der Waals surface area contributed by atoms with Crippen LogP contribution in [-0.2, 0) is 9.59 Å². The number of hydrogen-bond donors (Lipinski definition) is 1. The Morgan fingerprint density at radius 1 is 1.53 bits per heavy atom. The summed E-state index contributed by atoms with van der Waals surface area (Å²) in [5.41, 5.74) is 1.11. The molecule has 2 rings (SSSR count). The first-order valence-corrected chi connectivity index (χ1v) is 5.67. The molecule has 1 N–H and O–H groups in total. The predicted octanol–water partition coefficient (Wildman–Crippen LogP) is 1.19. The van der Waals surface area contributed by atoms with Crippen LogP contribution in [0.4, 0.5) is 0 Å². The maximum absolute atomic E-state index is 11.6. The molecule has 0 unspecified atom stereocenters. The Hall–Kier alpha value is -1.95. The molecule has 1 aromatic rings. The molecule has 0 bridgehead atoms. The SMILES string of the molecule is CC(=O)NC1=NC(=Cc2cccnc2)C(=O)S1. The van der Waals surface area contributed by atoms with E-state index in [1.54, 1.807) is 24.5 Å². The highest BCUT2D eigenvalue weighted by Gasteiger charge is 2.22. The van der Waals surface area contributed by atoms with Gasteiger partial charge >= 0.3 is 0 Å². The van der Waals surface area contributed by atoms with Gasteiger partial charge in [0.1, 0.15) is 5.70 Å². The molecule has 86 valence electrons. The van der Waals surface area contributed by atoms with Gasteiger partial charge in [0.25, 0.3) is 0 Å². The highest BCUT2D eigenvalue weighted by Crippen LogP contribution is 2.23. The van der Waals surface area contributed by atoms with E-state index in [1.165, 1.54) is 6.92 Å². The van der Waals surface area contributed by atoms with Gasteiger partial charge in [0.15, 0.2) is 5.17 Å². The van der Waals surface area contributed by atoms with E-state index in [-0.39, 0.29) is 11.0 Å². The average molecular weight is 247 g/mol. The zero-order valence-corrected chi connectivity index (χ0v) is 9.82. The number of amides is 1. The van der Waals surface area contributed by atoms with Crippen molar-refractivity contribution in [1.82, 2.24) is 10.3 Å². The molecule has 17 heavy (non-hydrogen) atoms. The van der Waals surface area contributed by atoms with E-state index in [0.717, 1.165) is 17.3 Å². The van der Waals surface area contributed by atoms with E-state index < -0.39 is 0 Å². The van der Waals surface area contributed by atoms with Crippen molar-refractivity contribution in [2.24, 2.45) is 4.99 Å². The van der Waals surface area contributed by atoms with Crippen LogP contribution in [0.5, 0.6) is 0 Å². The first-order valence-electron chi connectivity index (χ1n) is 4.85. The molecule has 0 aromatic carbocycles. The lowest BCUT2D eigenvalue weighted by Gasteiger charge is -1.94. The van der Waals surface area contributed by atoms with Crippen LogP contribution in [0, 0.1) is 0 Å². The van der Waals surface area contributed by atoms with Gasteiger partial charge in [0.2, 0.25) is 11.0 Å². The molecule has 1 amide bonds. The Kier molecular flexibility index (Phi) is 3.34. The molecule has 0 saturated carbocycles. The van der Waals surface area contributed by atoms with E-state index in [9.17, 15) is 9.59 Å². The number of aliphatic imine (C=N–C) groups is 1. The van der Waals surface area contributed by atoms with E-state index >= 15 is 0 Å². The van der Waals surface area contributed by atoms with Crippen LogP contribution in [0.2, 0.25) is 0 Å². The maximum atomic E-state index is 11.6. The second kappa shape index (κ2) is 4.92. The summed E-state index contributed by atoms with van der Waals surface area (Å²) in [6.45, 7) is 1.37. The van der Waals surface area contributed by atoms with Gasteiger partial charge in [-0.3, -0.25) is 14.6 Å². The summed E-state index contributed by atoms with van der Waals surface area (Å²) in [5, 5.41) is 2.62. The molecule has 0 radical (unpaired) electrons. The van der Waals surface area contributed by atoms with Gasteiger partial charge in [-0.25, -0.2) is 4.99 Å². The number of aromatic nitrogens is 1. The second-order valence-corrected chi connectivity index (χ2v) is 4.27. The number of carbonyl (C=O) groups excluding carboxylic acids is 2. The fourth-order valence-electron chi connectivity index (χ4n) is 1.23. The lowest BCUT2D eigenvalue weighted by atomic mass is 10.2. The Morgan fingerprint density at radius 2 is 2.35 bits per heavy atom. The molecular formula is C11H9N3O2S. The topological polar surface area (TPSA) is 71.4 Å². The molecule has 6 heteroatoms. The summed E-state index contributed by atoms with van der Waals surface area (Å²) in [6, 6.07) is 3.60. The van der Waals surface area contributed by atoms with Gasteiger partial charge in [-0.1, -0.05) is 6.07 Å². The fraction of sp³-hybridized carbons (Fsp3) is 0.0909. The molecule has 0 spiro atoms. The van der Waals surface area contributed by atoms with Crippen molar-refractivity contribution in [1.29, 1.82) is 0 Å². The predicted molar refractivity (Wildman–Crippen MR) is 66.1 cm³/mol. The van der Waals surface area contributed by atoms with Gasteiger partial charge in [0, 0.05) is 19.3 Å².